The second-order valence-electron chi connectivity index (χ2n) is 5.20. The Morgan fingerprint density at radius 3 is 2.48 bits per heavy atom. The third-order valence-electron chi connectivity index (χ3n) is 3.88. The zero-order valence-electron chi connectivity index (χ0n) is 12.7. The summed E-state index contributed by atoms with van der Waals surface area (Å²) in [4.78, 5) is 16.8. The number of nitrogens with zero attached hydrogens (tertiary/aromatic N) is 2. The Morgan fingerprint density at radius 1 is 1.24 bits per heavy atom. The second kappa shape index (κ2) is 7.66. The van der Waals surface area contributed by atoms with Gasteiger partial charge in [0.25, 0.3) is 5.91 Å². The number of carbonyl (C=O) groups excluding carboxylic acids is 1. The number of piperazine rings is 1. The van der Waals surface area contributed by atoms with Gasteiger partial charge in [0.2, 0.25) is 0 Å². The lowest BCUT2D eigenvalue weighted by atomic mass is 10.2. The minimum atomic E-state index is -0.460. The predicted molar refractivity (Wildman–Crippen MR) is 84.9 cm³/mol. The summed E-state index contributed by atoms with van der Waals surface area (Å²) < 4.78 is 5.83. The van der Waals surface area contributed by atoms with Gasteiger partial charge in [-0.05, 0) is 25.1 Å². The van der Waals surface area contributed by atoms with Crippen molar-refractivity contribution in [2.45, 2.75) is 26.4 Å². The zero-order valence-corrected chi connectivity index (χ0v) is 13.5. The van der Waals surface area contributed by atoms with Gasteiger partial charge in [-0.1, -0.05) is 37.6 Å². The third kappa shape index (κ3) is 4.11. The van der Waals surface area contributed by atoms with Gasteiger partial charge in [-0.3, -0.25) is 4.79 Å². The molecule has 0 spiro atoms. The fourth-order valence-corrected chi connectivity index (χ4v) is 2.67. The zero-order chi connectivity index (χ0) is 15.2. The summed E-state index contributed by atoms with van der Waals surface area (Å²) in [7, 11) is 0. The van der Waals surface area contributed by atoms with Crippen LogP contribution >= 0.6 is 11.6 Å². The van der Waals surface area contributed by atoms with Crippen LogP contribution < -0.4 is 4.74 Å². The van der Waals surface area contributed by atoms with Crippen molar-refractivity contribution in [3.63, 3.8) is 0 Å². The number of rotatable bonds is 5. The van der Waals surface area contributed by atoms with Crippen molar-refractivity contribution in [1.82, 2.24) is 9.80 Å². The molecule has 0 bridgehead atoms. The van der Waals surface area contributed by atoms with Crippen molar-refractivity contribution in [3.8, 4) is 5.75 Å². The Kier molecular flexibility index (Phi) is 5.88. The van der Waals surface area contributed by atoms with Gasteiger partial charge in [0.1, 0.15) is 5.75 Å². The maximum absolute atomic E-state index is 12.6. The van der Waals surface area contributed by atoms with Crippen molar-refractivity contribution < 1.29 is 9.53 Å². The number of amides is 1. The van der Waals surface area contributed by atoms with Gasteiger partial charge in [-0.2, -0.15) is 0 Å². The largest absolute Gasteiger partial charge is 0.479 e. The summed E-state index contributed by atoms with van der Waals surface area (Å²) in [6.45, 7) is 8.56. The first-order valence-electron chi connectivity index (χ1n) is 7.58. The van der Waals surface area contributed by atoms with Gasteiger partial charge < -0.3 is 14.5 Å². The van der Waals surface area contributed by atoms with Crippen LogP contribution in [-0.4, -0.2) is 54.5 Å². The first kappa shape index (κ1) is 16.1. The SMILES string of the molecule is CCC(Oc1ccccc1Cl)C(=O)N1CCN(CC)CC1. The van der Waals surface area contributed by atoms with Crippen LogP contribution in [0.4, 0.5) is 0 Å². The monoisotopic (exact) mass is 310 g/mol. The van der Waals surface area contributed by atoms with Gasteiger partial charge in [0.05, 0.1) is 5.02 Å². The summed E-state index contributed by atoms with van der Waals surface area (Å²) in [6.07, 6.45) is 0.177. The molecule has 1 saturated heterocycles. The van der Waals surface area contributed by atoms with Crippen LogP contribution in [0.25, 0.3) is 0 Å². The molecule has 1 atom stereocenters. The van der Waals surface area contributed by atoms with E-state index >= 15 is 0 Å². The number of para-hydroxylation sites is 1. The van der Waals surface area contributed by atoms with Crippen LogP contribution in [0.3, 0.4) is 0 Å². The number of likely N-dealkylation sites (N-methyl/N-ethyl adjacent to an activating group) is 1. The van der Waals surface area contributed by atoms with E-state index in [9.17, 15) is 4.79 Å². The van der Waals surface area contributed by atoms with E-state index in [1.54, 1.807) is 12.1 Å². The molecule has 2 rings (SSSR count). The molecular formula is C16H23ClN2O2. The molecule has 0 aliphatic carbocycles. The molecule has 1 aliphatic rings. The van der Waals surface area contributed by atoms with Crippen molar-refractivity contribution in [3.05, 3.63) is 29.3 Å². The first-order chi connectivity index (χ1) is 10.2. The summed E-state index contributed by atoms with van der Waals surface area (Å²) in [5.41, 5.74) is 0. The lowest BCUT2D eigenvalue weighted by molar-refractivity contribution is -0.140. The first-order valence-corrected chi connectivity index (χ1v) is 7.95. The smallest absolute Gasteiger partial charge is 0.263 e. The topological polar surface area (TPSA) is 32.8 Å². The molecule has 1 unspecified atom stereocenters. The molecule has 1 aromatic carbocycles. The quantitative estimate of drug-likeness (QED) is 0.838. The van der Waals surface area contributed by atoms with Gasteiger partial charge in [-0.15, -0.1) is 0 Å². The number of carbonyl (C=O) groups is 1. The van der Waals surface area contributed by atoms with Crippen molar-refractivity contribution in [2.24, 2.45) is 0 Å². The number of hydrogen-bond acceptors (Lipinski definition) is 3. The van der Waals surface area contributed by atoms with Crippen LogP contribution in [0.15, 0.2) is 24.3 Å². The minimum absolute atomic E-state index is 0.0631. The van der Waals surface area contributed by atoms with E-state index in [-0.39, 0.29) is 5.91 Å². The molecule has 0 N–H and O–H groups in total. The number of benzene rings is 1. The second-order valence-corrected chi connectivity index (χ2v) is 5.61. The van der Waals surface area contributed by atoms with E-state index in [0.717, 1.165) is 32.7 Å². The van der Waals surface area contributed by atoms with E-state index in [1.807, 2.05) is 24.0 Å². The number of ether oxygens (including phenoxy) is 1. The molecule has 116 valence electrons. The van der Waals surface area contributed by atoms with Crippen LogP contribution in [0.2, 0.25) is 5.02 Å². The molecular weight excluding hydrogens is 288 g/mol. The van der Waals surface area contributed by atoms with Crippen LogP contribution in [0, 0.1) is 0 Å². The molecule has 1 heterocycles. The maximum Gasteiger partial charge on any atom is 0.263 e. The molecule has 1 fully saturated rings. The van der Waals surface area contributed by atoms with Gasteiger partial charge in [-0.25, -0.2) is 0 Å². The molecule has 0 radical (unpaired) electrons. The van der Waals surface area contributed by atoms with E-state index in [0.29, 0.717) is 17.2 Å². The summed E-state index contributed by atoms with van der Waals surface area (Å²) >= 11 is 6.10. The highest BCUT2D eigenvalue weighted by molar-refractivity contribution is 6.32. The molecule has 4 nitrogen and oxygen atoms in total. The Labute approximate surface area is 131 Å². The lowest BCUT2D eigenvalue weighted by Crippen LogP contribution is -2.52. The summed E-state index contributed by atoms with van der Waals surface area (Å²) in [5.74, 6) is 0.639. The normalized spacial score (nSPS) is 17.6. The van der Waals surface area contributed by atoms with E-state index < -0.39 is 6.10 Å². The van der Waals surface area contributed by atoms with Crippen LogP contribution in [0.5, 0.6) is 5.75 Å². The molecule has 5 heteroatoms. The van der Waals surface area contributed by atoms with Crippen molar-refractivity contribution >= 4 is 17.5 Å². The predicted octanol–water partition coefficient (Wildman–Crippen LogP) is 2.66. The standard InChI is InChI=1S/C16H23ClN2O2/c1-3-14(21-15-8-6-5-7-13(15)17)16(20)19-11-9-18(4-2)10-12-19/h5-8,14H,3-4,9-12H2,1-2H3. The Morgan fingerprint density at radius 2 is 1.90 bits per heavy atom. The fourth-order valence-electron chi connectivity index (χ4n) is 2.49. The molecule has 0 saturated carbocycles. The highest BCUT2D eigenvalue weighted by Gasteiger charge is 2.27. The fraction of sp³-hybridized carbons (Fsp3) is 0.562. The highest BCUT2D eigenvalue weighted by atomic mass is 35.5. The van der Waals surface area contributed by atoms with Crippen molar-refractivity contribution in [1.29, 1.82) is 0 Å². The molecule has 0 aromatic heterocycles. The Bertz CT molecular complexity index is 473. The van der Waals surface area contributed by atoms with Crippen LogP contribution in [0.1, 0.15) is 20.3 Å². The van der Waals surface area contributed by atoms with E-state index in [2.05, 4.69) is 11.8 Å². The molecule has 1 amide bonds. The highest BCUT2D eigenvalue weighted by Crippen LogP contribution is 2.25. The van der Waals surface area contributed by atoms with Gasteiger partial charge in [0.15, 0.2) is 6.10 Å². The average molecular weight is 311 g/mol. The number of hydrogen-bond donors (Lipinski definition) is 0. The Balaban J connectivity index is 1.98. The third-order valence-corrected chi connectivity index (χ3v) is 4.20. The van der Waals surface area contributed by atoms with Gasteiger partial charge >= 0.3 is 0 Å². The lowest BCUT2D eigenvalue weighted by Gasteiger charge is -2.35. The van der Waals surface area contributed by atoms with Crippen molar-refractivity contribution in [2.75, 3.05) is 32.7 Å². The van der Waals surface area contributed by atoms with E-state index in [4.69, 9.17) is 16.3 Å². The van der Waals surface area contributed by atoms with Gasteiger partial charge in [0, 0.05) is 26.2 Å². The maximum atomic E-state index is 12.6. The molecule has 1 aliphatic heterocycles. The summed E-state index contributed by atoms with van der Waals surface area (Å²) in [5, 5.41) is 0.541. The molecule has 1 aromatic rings. The summed E-state index contributed by atoms with van der Waals surface area (Å²) in [6, 6.07) is 7.28. The number of halogens is 1. The van der Waals surface area contributed by atoms with E-state index in [1.165, 1.54) is 0 Å². The minimum Gasteiger partial charge on any atom is -0.479 e. The average Bonchev–Trinajstić information content (AvgIpc) is 2.53. The Hall–Kier alpha value is -1.26. The molecule has 21 heavy (non-hydrogen) atoms. The van der Waals surface area contributed by atoms with Crippen LogP contribution in [-0.2, 0) is 4.79 Å².